The molecular weight excluding hydrogens is 228 g/mol. The number of hydrogen-bond acceptors (Lipinski definition) is 3. The normalized spacial score (nSPS) is 20.2. The van der Waals surface area contributed by atoms with Crippen molar-refractivity contribution in [3.8, 4) is 0 Å². The summed E-state index contributed by atoms with van der Waals surface area (Å²) in [6, 6.07) is 0.865. The molecule has 2 unspecified atom stereocenters. The van der Waals surface area contributed by atoms with Gasteiger partial charge in [0.1, 0.15) is 0 Å². The van der Waals surface area contributed by atoms with Crippen LogP contribution in [0.2, 0.25) is 0 Å². The fourth-order valence-electron chi connectivity index (χ4n) is 2.62. The molecule has 0 aromatic heterocycles. The fraction of sp³-hybridized carbons (Fsp3) is 0.929. The molecule has 0 radical (unpaired) electrons. The lowest BCUT2D eigenvalue weighted by Gasteiger charge is -2.32. The van der Waals surface area contributed by atoms with Crippen LogP contribution in [0.1, 0.15) is 46.5 Å². The molecule has 0 spiro atoms. The van der Waals surface area contributed by atoms with Gasteiger partial charge in [-0.25, -0.2) is 0 Å². The SMILES string of the molecule is CC(CCC(=O)O)NCC(C(C)C)N1CCCC1. The largest absolute Gasteiger partial charge is 0.481 e. The van der Waals surface area contributed by atoms with Crippen molar-refractivity contribution in [2.45, 2.75) is 58.5 Å². The van der Waals surface area contributed by atoms with Crippen molar-refractivity contribution in [1.29, 1.82) is 0 Å². The Kier molecular flexibility index (Phi) is 6.65. The number of nitrogens with zero attached hydrogens (tertiary/aromatic N) is 1. The van der Waals surface area contributed by atoms with Crippen LogP contribution in [-0.4, -0.2) is 47.7 Å². The lowest BCUT2D eigenvalue weighted by molar-refractivity contribution is -0.137. The molecular formula is C14H28N2O2. The van der Waals surface area contributed by atoms with E-state index in [2.05, 4.69) is 31.0 Å². The van der Waals surface area contributed by atoms with Gasteiger partial charge in [-0.2, -0.15) is 0 Å². The molecule has 0 aromatic carbocycles. The molecule has 4 nitrogen and oxygen atoms in total. The molecule has 1 fully saturated rings. The van der Waals surface area contributed by atoms with Gasteiger partial charge >= 0.3 is 5.97 Å². The zero-order valence-electron chi connectivity index (χ0n) is 12.0. The zero-order valence-corrected chi connectivity index (χ0v) is 12.0. The van der Waals surface area contributed by atoms with E-state index in [9.17, 15) is 4.79 Å². The second kappa shape index (κ2) is 7.74. The maximum absolute atomic E-state index is 10.5. The number of aliphatic carboxylic acids is 1. The van der Waals surface area contributed by atoms with Gasteiger partial charge in [0.05, 0.1) is 0 Å². The van der Waals surface area contributed by atoms with Gasteiger partial charge in [0, 0.05) is 25.0 Å². The Morgan fingerprint density at radius 1 is 1.28 bits per heavy atom. The highest BCUT2D eigenvalue weighted by molar-refractivity contribution is 5.66. The lowest BCUT2D eigenvalue weighted by atomic mass is 10.0. The summed E-state index contributed by atoms with van der Waals surface area (Å²) in [6.45, 7) is 10.0. The number of likely N-dealkylation sites (tertiary alicyclic amines) is 1. The summed E-state index contributed by atoms with van der Waals surface area (Å²) < 4.78 is 0. The van der Waals surface area contributed by atoms with Crippen LogP contribution in [0.3, 0.4) is 0 Å². The molecule has 0 aliphatic carbocycles. The van der Waals surface area contributed by atoms with Gasteiger partial charge in [-0.3, -0.25) is 9.69 Å². The average Bonchev–Trinajstić information content (AvgIpc) is 2.79. The summed E-state index contributed by atoms with van der Waals surface area (Å²) in [5, 5.41) is 12.2. The first-order valence-corrected chi connectivity index (χ1v) is 7.20. The molecule has 1 heterocycles. The van der Waals surface area contributed by atoms with Crippen LogP contribution in [0, 0.1) is 5.92 Å². The molecule has 0 amide bonds. The molecule has 2 N–H and O–H groups in total. The fourth-order valence-corrected chi connectivity index (χ4v) is 2.62. The summed E-state index contributed by atoms with van der Waals surface area (Å²) in [4.78, 5) is 13.1. The van der Waals surface area contributed by atoms with Gasteiger partial charge in [-0.15, -0.1) is 0 Å². The number of carboxylic acids is 1. The molecule has 106 valence electrons. The van der Waals surface area contributed by atoms with Gasteiger partial charge in [0.25, 0.3) is 0 Å². The minimum atomic E-state index is -0.705. The Morgan fingerprint density at radius 3 is 2.39 bits per heavy atom. The van der Waals surface area contributed by atoms with Crippen LogP contribution >= 0.6 is 0 Å². The third-order valence-corrected chi connectivity index (χ3v) is 3.85. The second-order valence-electron chi connectivity index (χ2n) is 5.80. The first-order chi connectivity index (χ1) is 8.50. The van der Waals surface area contributed by atoms with Crippen LogP contribution in [0.15, 0.2) is 0 Å². The van der Waals surface area contributed by atoms with Gasteiger partial charge in [0.2, 0.25) is 0 Å². The highest BCUT2D eigenvalue weighted by Gasteiger charge is 2.24. The van der Waals surface area contributed by atoms with Crippen LogP contribution in [0.25, 0.3) is 0 Å². The number of carboxylic acid groups (broad SMARTS) is 1. The summed E-state index contributed by atoms with van der Waals surface area (Å²) in [7, 11) is 0. The third kappa shape index (κ3) is 5.36. The standard InChI is InChI=1S/C14H28N2O2/c1-11(2)13(16-8-4-5-9-16)10-15-12(3)6-7-14(17)18/h11-13,15H,4-10H2,1-3H3,(H,17,18). The monoisotopic (exact) mass is 256 g/mol. The van der Waals surface area contributed by atoms with Crippen molar-refractivity contribution in [3.63, 3.8) is 0 Å². The zero-order chi connectivity index (χ0) is 13.5. The van der Waals surface area contributed by atoms with Crippen LogP contribution < -0.4 is 5.32 Å². The van der Waals surface area contributed by atoms with E-state index in [4.69, 9.17) is 5.11 Å². The quantitative estimate of drug-likeness (QED) is 0.697. The molecule has 2 atom stereocenters. The van der Waals surface area contributed by atoms with E-state index in [0.717, 1.165) is 6.54 Å². The van der Waals surface area contributed by atoms with E-state index in [1.165, 1.54) is 25.9 Å². The summed E-state index contributed by atoms with van der Waals surface area (Å²) >= 11 is 0. The molecule has 0 saturated carbocycles. The maximum atomic E-state index is 10.5. The highest BCUT2D eigenvalue weighted by Crippen LogP contribution is 2.17. The first-order valence-electron chi connectivity index (χ1n) is 7.20. The van der Waals surface area contributed by atoms with E-state index >= 15 is 0 Å². The van der Waals surface area contributed by atoms with Gasteiger partial charge in [0.15, 0.2) is 0 Å². The Hall–Kier alpha value is -0.610. The number of nitrogens with one attached hydrogen (secondary N) is 1. The van der Waals surface area contributed by atoms with Crippen molar-refractivity contribution < 1.29 is 9.90 Å². The highest BCUT2D eigenvalue weighted by atomic mass is 16.4. The smallest absolute Gasteiger partial charge is 0.303 e. The van der Waals surface area contributed by atoms with Crippen molar-refractivity contribution in [2.75, 3.05) is 19.6 Å². The van der Waals surface area contributed by atoms with Crippen molar-refractivity contribution in [3.05, 3.63) is 0 Å². The summed E-state index contributed by atoms with van der Waals surface area (Å²) in [6.07, 6.45) is 3.60. The number of rotatable bonds is 8. The molecule has 1 aliphatic rings. The van der Waals surface area contributed by atoms with E-state index < -0.39 is 5.97 Å². The minimum absolute atomic E-state index is 0.254. The Morgan fingerprint density at radius 2 is 1.89 bits per heavy atom. The summed E-state index contributed by atoms with van der Waals surface area (Å²) in [5.74, 6) is -0.0640. The number of carbonyl (C=O) groups is 1. The molecule has 1 aliphatic heterocycles. The number of hydrogen-bond donors (Lipinski definition) is 2. The molecule has 1 rings (SSSR count). The van der Waals surface area contributed by atoms with Crippen molar-refractivity contribution >= 4 is 5.97 Å². The van der Waals surface area contributed by atoms with Crippen LogP contribution in [-0.2, 0) is 4.79 Å². The Bertz CT molecular complexity index is 250. The summed E-state index contributed by atoms with van der Waals surface area (Å²) in [5.41, 5.74) is 0. The van der Waals surface area contributed by atoms with Crippen LogP contribution in [0.5, 0.6) is 0 Å². The topological polar surface area (TPSA) is 52.6 Å². The third-order valence-electron chi connectivity index (χ3n) is 3.85. The van der Waals surface area contributed by atoms with Crippen LogP contribution in [0.4, 0.5) is 0 Å². The first kappa shape index (κ1) is 15.4. The predicted octanol–water partition coefficient (Wildman–Crippen LogP) is 1.95. The Balaban J connectivity index is 2.30. The molecule has 18 heavy (non-hydrogen) atoms. The predicted molar refractivity (Wildman–Crippen MR) is 73.8 cm³/mol. The Labute approximate surface area is 111 Å². The molecule has 0 bridgehead atoms. The van der Waals surface area contributed by atoms with E-state index in [-0.39, 0.29) is 12.5 Å². The second-order valence-corrected chi connectivity index (χ2v) is 5.80. The van der Waals surface area contributed by atoms with Gasteiger partial charge < -0.3 is 10.4 Å². The molecule has 1 saturated heterocycles. The van der Waals surface area contributed by atoms with E-state index in [1.54, 1.807) is 0 Å². The van der Waals surface area contributed by atoms with Gasteiger partial charge in [-0.1, -0.05) is 13.8 Å². The molecule has 0 aromatic rings. The van der Waals surface area contributed by atoms with E-state index in [0.29, 0.717) is 18.4 Å². The van der Waals surface area contributed by atoms with Gasteiger partial charge in [-0.05, 0) is 45.2 Å². The minimum Gasteiger partial charge on any atom is -0.481 e. The van der Waals surface area contributed by atoms with Crippen molar-refractivity contribution in [2.24, 2.45) is 5.92 Å². The molecule has 4 heteroatoms. The van der Waals surface area contributed by atoms with Crippen molar-refractivity contribution in [1.82, 2.24) is 10.2 Å². The maximum Gasteiger partial charge on any atom is 0.303 e. The van der Waals surface area contributed by atoms with E-state index in [1.807, 2.05) is 0 Å². The lowest BCUT2D eigenvalue weighted by Crippen LogP contribution is -2.46. The average molecular weight is 256 g/mol.